The molecular formula is C17H31N7O2. The smallest absolute Gasteiger partial charge is 0.243 e. The van der Waals surface area contributed by atoms with Gasteiger partial charge in [0.1, 0.15) is 18.2 Å². The van der Waals surface area contributed by atoms with Crippen LogP contribution in [0.4, 0.5) is 0 Å². The summed E-state index contributed by atoms with van der Waals surface area (Å²) in [5.41, 5.74) is 0. The molecule has 9 heteroatoms. The Morgan fingerprint density at radius 2 is 2.27 bits per heavy atom. The Labute approximate surface area is 155 Å². The first-order valence-corrected chi connectivity index (χ1v) is 9.22. The molecule has 26 heavy (non-hydrogen) atoms. The van der Waals surface area contributed by atoms with Gasteiger partial charge >= 0.3 is 0 Å². The van der Waals surface area contributed by atoms with Crippen molar-refractivity contribution in [2.75, 3.05) is 40.4 Å². The number of carbonyl (C=O) groups is 1. The summed E-state index contributed by atoms with van der Waals surface area (Å²) < 4.78 is 7.31. The molecule has 1 amide bonds. The lowest BCUT2D eigenvalue weighted by molar-refractivity contribution is -0.127. The van der Waals surface area contributed by atoms with Gasteiger partial charge in [-0.15, -0.1) is 0 Å². The first kappa shape index (κ1) is 20.2. The van der Waals surface area contributed by atoms with E-state index in [4.69, 9.17) is 4.74 Å². The van der Waals surface area contributed by atoms with E-state index in [1.165, 1.54) is 0 Å². The monoisotopic (exact) mass is 365 g/mol. The number of amides is 1. The largest absolute Gasteiger partial charge is 0.382 e. The number of carbonyl (C=O) groups excluding carboxylic acids is 1. The van der Waals surface area contributed by atoms with E-state index in [1.807, 2.05) is 18.5 Å². The first-order valence-electron chi connectivity index (χ1n) is 9.22. The maximum Gasteiger partial charge on any atom is 0.243 e. The highest BCUT2D eigenvalue weighted by atomic mass is 16.5. The standard InChI is InChI=1S/C17H31N7O2/c1-5-26-10-6-9-18-17(19-11-16(25)23(3)4)21-14-7-8-15-20-13(2)22-24(15)12-14/h14H,5-12H2,1-4H3,(H2,18,19,21). The Balaban J connectivity index is 1.92. The van der Waals surface area contributed by atoms with Gasteiger partial charge in [0.15, 0.2) is 5.96 Å². The normalized spacial score (nSPS) is 16.9. The molecule has 1 aliphatic rings. The average Bonchev–Trinajstić information content (AvgIpc) is 2.98. The second kappa shape index (κ2) is 10.1. The molecule has 0 bridgehead atoms. The van der Waals surface area contributed by atoms with Crippen LogP contribution in [0.25, 0.3) is 0 Å². The summed E-state index contributed by atoms with van der Waals surface area (Å²) in [6.45, 7) is 6.93. The second-order valence-corrected chi connectivity index (χ2v) is 6.57. The topological polar surface area (TPSA) is 96.7 Å². The van der Waals surface area contributed by atoms with E-state index in [2.05, 4.69) is 25.7 Å². The molecule has 2 N–H and O–H groups in total. The minimum absolute atomic E-state index is 0.0294. The lowest BCUT2D eigenvalue weighted by Gasteiger charge is -2.25. The lowest BCUT2D eigenvalue weighted by Crippen LogP contribution is -2.47. The number of nitrogens with zero attached hydrogens (tertiary/aromatic N) is 5. The van der Waals surface area contributed by atoms with Gasteiger partial charge in [0.05, 0.1) is 6.54 Å². The van der Waals surface area contributed by atoms with Crippen LogP contribution in [-0.4, -0.2) is 78.0 Å². The first-order chi connectivity index (χ1) is 12.5. The fourth-order valence-corrected chi connectivity index (χ4v) is 2.71. The van der Waals surface area contributed by atoms with Crippen molar-refractivity contribution < 1.29 is 9.53 Å². The van der Waals surface area contributed by atoms with Gasteiger partial charge in [-0.1, -0.05) is 0 Å². The predicted octanol–water partition coefficient (Wildman–Crippen LogP) is -0.0487. The Morgan fingerprint density at radius 3 is 3.00 bits per heavy atom. The van der Waals surface area contributed by atoms with Gasteiger partial charge < -0.3 is 20.3 Å². The van der Waals surface area contributed by atoms with Crippen molar-refractivity contribution in [2.45, 2.75) is 45.7 Å². The number of hydrogen-bond donors (Lipinski definition) is 2. The molecule has 0 saturated carbocycles. The third kappa shape index (κ3) is 6.29. The molecule has 2 rings (SSSR count). The van der Waals surface area contributed by atoms with Crippen LogP contribution >= 0.6 is 0 Å². The van der Waals surface area contributed by atoms with Crippen molar-refractivity contribution in [2.24, 2.45) is 4.99 Å². The number of likely N-dealkylation sites (N-methyl/N-ethyl adjacent to an activating group) is 1. The molecule has 0 aromatic carbocycles. The van der Waals surface area contributed by atoms with Crippen molar-refractivity contribution in [3.63, 3.8) is 0 Å². The summed E-state index contributed by atoms with van der Waals surface area (Å²) in [6, 6.07) is 0.205. The zero-order valence-corrected chi connectivity index (χ0v) is 16.3. The van der Waals surface area contributed by atoms with E-state index in [1.54, 1.807) is 19.0 Å². The minimum atomic E-state index is -0.0294. The zero-order chi connectivity index (χ0) is 18.9. The number of ether oxygens (including phenoxy) is 1. The van der Waals surface area contributed by atoms with Crippen LogP contribution in [0.3, 0.4) is 0 Å². The lowest BCUT2D eigenvalue weighted by atomic mass is 10.1. The van der Waals surface area contributed by atoms with Gasteiger partial charge in [0.25, 0.3) is 0 Å². The van der Waals surface area contributed by atoms with Crippen LogP contribution in [0, 0.1) is 6.92 Å². The number of nitrogens with one attached hydrogen (secondary N) is 2. The molecule has 9 nitrogen and oxygen atoms in total. The van der Waals surface area contributed by atoms with Crippen LogP contribution in [-0.2, 0) is 22.5 Å². The molecular weight excluding hydrogens is 334 g/mol. The summed E-state index contributed by atoms with van der Waals surface area (Å²) in [4.78, 5) is 22.3. The Hall–Kier alpha value is -2.16. The minimum Gasteiger partial charge on any atom is -0.382 e. The summed E-state index contributed by atoms with van der Waals surface area (Å²) in [5.74, 6) is 2.46. The van der Waals surface area contributed by atoms with Crippen molar-refractivity contribution >= 4 is 11.9 Å². The third-order valence-electron chi connectivity index (χ3n) is 4.14. The SMILES string of the molecule is CCOCCCNC(=NCC(=O)N(C)C)NC1CCc2nc(C)nn2C1. The Morgan fingerprint density at radius 1 is 1.46 bits per heavy atom. The number of aryl methyl sites for hydroxylation is 2. The van der Waals surface area contributed by atoms with Crippen LogP contribution in [0.15, 0.2) is 4.99 Å². The molecule has 1 atom stereocenters. The van der Waals surface area contributed by atoms with E-state index in [9.17, 15) is 4.79 Å². The average molecular weight is 365 g/mol. The van der Waals surface area contributed by atoms with E-state index < -0.39 is 0 Å². The molecule has 0 fully saturated rings. The van der Waals surface area contributed by atoms with Crippen LogP contribution in [0.5, 0.6) is 0 Å². The van der Waals surface area contributed by atoms with Crippen molar-refractivity contribution in [1.29, 1.82) is 0 Å². The molecule has 1 unspecified atom stereocenters. The predicted molar refractivity (Wildman–Crippen MR) is 100 cm³/mol. The van der Waals surface area contributed by atoms with Crippen LogP contribution in [0.2, 0.25) is 0 Å². The summed E-state index contributed by atoms with van der Waals surface area (Å²) in [6.07, 6.45) is 2.72. The molecule has 0 spiro atoms. The molecule has 2 heterocycles. The molecule has 1 aromatic heterocycles. The zero-order valence-electron chi connectivity index (χ0n) is 16.3. The van der Waals surface area contributed by atoms with Gasteiger partial charge in [-0.2, -0.15) is 5.10 Å². The van der Waals surface area contributed by atoms with Crippen molar-refractivity contribution in [1.82, 2.24) is 30.3 Å². The van der Waals surface area contributed by atoms with Gasteiger partial charge in [0.2, 0.25) is 5.91 Å². The van der Waals surface area contributed by atoms with E-state index >= 15 is 0 Å². The molecule has 1 aromatic rings. The fourth-order valence-electron chi connectivity index (χ4n) is 2.71. The third-order valence-corrected chi connectivity index (χ3v) is 4.14. The highest BCUT2D eigenvalue weighted by molar-refractivity contribution is 5.84. The quantitative estimate of drug-likeness (QED) is 0.381. The maximum absolute atomic E-state index is 11.8. The summed E-state index contributed by atoms with van der Waals surface area (Å²) in [5, 5.41) is 11.2. The Kier molecular flexibility index (Phi) is 7.83. The molecule has 0 radical (unpaired) electrons. The summed E-state index contributed by atoms with van der Waals surface area (Å²) in [7, 11) is 3.46. The fraction of sp³-hybridized carbons (Fsp3) is 0.765. The Bertz CT molecular complexity index is 612. The van der Waals surface area contributed by atoms with Crippen molar-refractivity contribution in [3.05, 3.63) is 11.6 Å². The number of aliphatic imine (C=N–C) groups is 1. The van der Waals surface area contributed by atoms with Gasteiger partial charge in [-0.05, 0) is 26.7 Å². The van der Waals surface area contributed by atoms with E-state index in [0.29, 0.717) is 12.6 Å². The van der Waals surface area contributed by atoms with Gasteiger partial charge in [-0.3, -0.25) is 4.79 Å². The van der Waals surface area contributed by atoms with Gasteiger partial charge in [0, 0.05) is 46.3 Å². The van der Waals surface area contributed by atoms with Gasteiger partial charge in [-0.25, -0.2) is 14.7 Å². The number of hydrogen-bond acceptors (Lipinski definition) is 5. The summed E-state index contributed by atoms with van der Waals surface area (Å²) >= 11 is 0. The van der Waals surface area contributed by atoms with Crippen molar-refractivity contribution in [3.8, 4) is 0 Å². The van der Waals surface area contributed by atoms with Crippen LogP contribution in [0.1, 0.15) is 31.4 Å². The molecule has 0 saturated heterocycles. The molecule has 146 valence electrons. The highest BCUT2D eigenvalue weighted by Gasteiger charge is 2.21. The number of rotatable bonds is 8. The highest BCUT2D eigenvalue weighted by Crippen LogP contribution is 2.12. The maximum atomic E-state index is 11.8. The molecule has 1 aliphatic heterocycles. The van der Waals surface area contributed by atoms with E-state index in [0.717, 1.165) is 50.6 Å². The number of guanidine groups is 1. The van der Waals surface area contributed by atoms with Crippen LogP contribution < -0.4 is 10.6 Å². The molecule has 0 aliphatic carbocycles. The second-order valence-electron chi connectivity index (χ2n) is 6.57. The van der Waals surface area contributed by atoms with E-state index in [-0.39, 0.29) is 18.5 Å². The number of fused-ring (bicyclic) bond motifs is 1. The number of aromatic nitrogens is 3.